The number of aromatic nitrogens is 4. The third kappa shape index (κ3) is 11.9. The largest absolute Gasteiger partial charge is 0.444 e. The number of amides is 2. The van der Waals surface area contributed by atoms with E-state index in [0.29, 0.717) is 5.56 Å². The van der Waals surface area contributed by atoms with Gasteiger partial charge in [-0.15, -0.1) is 0 Å². The minimum atomic E-state index is -4.75. The average molecular weight is 637 g/mol. The number of pyridine rings is 2. The number of carbonyl (C=O) groups excluding carboxylic acids is 2. The van der Waals surface area contributed by atoms with Gasteiger partial charge in [-0.1, -0.05) is 11.6 Å². The number of ether oxygens (including phenoxy) is 2. The van der Waals surface area contributed by atoms with Gasteiger partial charge in [0.2, 0.25) is 0 Å². The van der Waals surface area contributed by atoms with E-state index in [-0.39, 0.29) is 10.8 Å². The average Bonchev–Trinajstić information content (AvgIpc) is 2.83. The fraction of sp³-hybridized carbons (Fsp3) is 0.385. The predicted octanol–water partition coefficient (Wildman–Crippen LogP) is 8.01. The Balaban J connectivity index is 0.000000309. The molecular formula is C26H27ClF6N6O4. The van der Waals surface area contributed by atoms with E-state index in [2.05, 4.69) is 25.3 Å². The molecule has 0 fully saturated rings. The Kier molecular flexibility index (Phi) is 10.9. The molecule has 0 aliphatic carbocycles. The Morgan fingerprint density at radius 2 is 1.12 bits per heavy atom. The van der Waals surface area contributed by atoms with Gasteiger partial charge in [0.05, 0.1) is 17.1 Å². The summed E-state index contributed by atoms with van der Waals surface area (Å²) in [4.78, 5) is 37.4. The second kappa shape index (κ2) is 13.4. The van der Waals surface area contributed by atoms with Crippen LogP contribution in [0.15, 0.2) is 43.0 Å². The topological polar surface area (TPSA) is 128 Å². The lowest BCUT2D eigenvalue weighted by Crippen LogP contribution is -2.28. The van der Waals surface area contributed by atoms with Gasteiger partial charge in [0.15, 0.2) is 11.4 Å². The monoisotopic (exact) mass is 636 g/mol. The molecule has 0 bridgehead atoms. The minimum Gasteiger partial charge on any atom is -0.444 e. The Hall–Kier alpha value is -4.21. The number of nitrogens with one attached hydrogen (secondary N) is 2. The lowest BCUT2D eigenvalue weighted by Gasteiger charge is -2.20. The molecule has 3 aromatic heterocycles. The highest BCUT2D eigenvalue weighted by atomic mass is 35.5. The quantitative estimate of drug-likeness (QED) is 0.219. The van der Waals surface area contributed by atoms with Gasteiger partial charge in [-0.2, -0.15) is 26.3 Å². The van der Waals surface area contributed by atoms with Crippen LogP contribution in [-0.4, -0.2) is 43.3 Å². The van der Waals surface area contributed by atoms with Gasteiger partial charge in [-0.3, -0.25) is 10.6 Å². The summed E-state index contributed by atoms with van der Waals surface area (Å²) in [7, 11) is 0. The number of rotatable bonds is 3. The van der Waals surface area contributed by atoms with Gasteiger partial charge >= 0.3 is 24.5 Å². The fourth-order valence-electron chi connectivity index (χ4n) is 2.95. The van der Waals surface area contributed by atoms with E-state index in [0.717, 1.165) is 18.2 Å². The van der Waals surface area contributed by atoms with Crippen LogP contribution in [0.3, 0.4) is 0 Å². The van der Waals surface area contributed by atoms with Crippen LogP contribution in [0.5, 0.6) is 0 Å². The highest BCUT2D eigenvalue weighted by Crippen LogP contribution is 2.36. The van der Waals surface area contributed by atoms with Crippen molar-refractivity contribution in [2.75, 3.05) is 10.6 Å². The number of alkyl halides is 6. The van der Waals surface area contributed by atoms with Crippen LogP contribution in [0.2, 0.25) is 5.15 Å². The minimum absolute atomic E-state index is 0.0395. The van der Waals surface area contributed by atoms with Crippen LogP contribution < -0.4 is 10.6 Å². The molecule has 0 unspecified atom stereocenters. The van der Waals surface area contributed by atoms with Crippen molar-refractivity contribution >= 4 is 35.2 Å². The first kappa shape index (κ1) is 35.0. The normalized spacial score (nSPS) is 12.0. The molecule has 2 amide bonds. The Morgan fingerprint density at radius 3 is 1.53 bits per heavy atom. The molecule has 0 aromatic carbocycles. The zero-order chi connectivity index (χ0) is 32.8. The molecule has 17 heteroatoms. The van der Waals surface area contributed by atoms with Crippen LogP contribution in [0, 0.1) is 0 Å². The third-order valence-corrected chi connectivity index (χ3v) is 4.63. The SMILES string of the molecule is CC(C)(C)OC(=O)Nc1ccc(-c2cncnc2)nc1C(F)(F)F.CC(C)(C)OC(=O)Nc1ccc(Cl)nc1C(F)(F)F. The zero-order valence-corrected chi connectivity index (χ0v) is 24.4. The number of hydrogen-bond acceptors (Lipinski definition) is 8. The summed E-state index contributed by atoms with van der Waals surface area (Å²) in [5.41, 5.74) is -4.78. The second-order valence-electron chi connectivity index (χ2n) is 10.5. The van der Waals surface area contributed by atoms with Crippen molar-refractivity contribution in [3.05, 3.63) is 59.5 Å². The van der Waals surface area contributed by atoms with Gasteiger partial charge in [-0.25, -0.2) is 29.5 Å². The smallest absolute Gasteiger partial charge is 0.435 e. The first-order valence-corrected chi connectivity index (χ1v) is 12.5. The molecule has 0 radical (unpaired) electrons. The van der Waals surface area contributed by atoms with Crippen LogP contribution in [0.25, 0.3) is 11.3 Å². The first-order chi connectivity index (χ1) is 19.5. The molecule has 3 heterocycles. The molecular weight excluding hydrogens is 610 g/mol. The molecule has 3 rings (SSSR count). The maximum absolute atomic E-state index is 13.2. The number of halogens is 7. The second-order valence-corrected chi connectivity index (χ2v) is 10.9. The molecule has 0 aliphatic heterocycles. The molecule has 3 aromatic rings. The Morgan fingerprint density at radius 1 is 0.698 bits per heavy atom. The van der Waals surface area contributed by atoms with E-state index < -0.39 is 58.5 Å². The number of hydrogen-bond donors (Lipinski definition) is 2. The van der Waals surface area contributed by atoms with E-state index >= 15 is 0 Å². The summed E-state index contributed by atoms with van der Waals surface area (Å²) in [6, 6.07) is 4.61. The molecule has 0 atom stereocenters. The fourth-order valence-corrected chi connectivity index (χ4v) is 3.10. The number of nitrogens with zero attached hydrogens (tertiary/aromatic N) is 4. The van der Waals surface area contributed by atoms with E-state index in [1.807, 2.05) is 5.32 Å². The highest BCUT2D eigenvalue weighted by Gasteiger charge is 2.38. The van der Waals surface area contributed by atoms with Gasteiger partial charge in [-0.05, 0) is 65.8 Å². The van der Waals surface area contributed by atoms with Crippen molar-refractivity contribution in [2.45, 2.75) is 65.1 Å². The van der Waals surface area contributed by atoms with Crippen molar-refractivity contribution in [2.24, 2.45) is 0 Å². The Labute approximate surface area is 247 Å². The molecule has 43 heavy (non-hydrogen) atoms. The summed E-state index contributed by atoms with van der Waals surface area (Å²) >= 11 is 5.41. The van der Waals surface area contributed by atoms with Crippen LogP contribution in [0.1, 0.15) is 52.9 Å². The van der Waals surface area contributed by atoms with E-state index in [4.69, 9.17) is 21.1 Å². The molecule has 0 saturated heterocycles. The number of anilines is 2. The maximum atomic E-state index is 13.2. The van der Waals surface area contributed by atoms with Crippen LogP contribution in [0.4, 0.5) is 47.3 Å². The van der Waals surface area contributed by atoms with Crippen molar-refractivity contribution in [3.63, 3.8) is 0 Å². The summed E-state index contributed by atoms with van der Waals surface area (Å²) in [5, 5.41) is 3.76. The molecule has 2 N–H and O–H groups in total. The zero-order valence-electron chi connectivity index (χ0n) is 23.6. The van der Waals surface area contributed by atoms with Crippen LogP contribution in [-0.2, 0) is 21.8 Å². The summed E-state index contributed by atoms with van der Waals surface area (Å²) < 4.78 is 87.7. The van der Waals surface area contributed by atoms with Crippen molar-refractivity contribution in [3.8, 4) is 11.3 Å². The third-order valence-electron chi connectivity index (χ3n) is 4.42. The van der Waals surface area contributed by atoms with Gasteiger partial charge in [0.25, 0.3) is 0 Å². The molecule has 234 valence electrons. The number of carbonyl (C=O) groups is 2. The van der Waals surface area contributed by atoms with Crippen molar-refractivity contribution in [1.29, 1.82) is 0 Å². The summed E-state index contributed by atoms with van der Waals surface area (Å²) in [6.45, 7) is 9.60. The van der Waals surface area contributed by atoms with Gasteiger partial charge in [0.1, 0.15) is 22.7 Å². The molecule has 0 spiro atoms. The van der Waals surface area contributed by atoms with Crippen LogP contribution >= 0.6 is 11.6 Å². The summed E-state index contributed by atoms with van der Waals surface area (Å²) in [6.07, 6.45) is -7.53. The van der Waals surface area contributed by atoms with E-state index in [1.54, 1.807) is 41.5 Å². The molecule has 0 saturated carbocycles. The lowest BCUT2D eigenvalue weighted by molar-refractivity contribution is -0.141. The van der Waals surface area contributed by atoms with Crippen molar-refractivity contribution < 1.29 is 45.4 Å². The van der Waals surface area contributed by atoms with E-state index in [9.17, 15) is 35.9 Å². The standard InChI is InChI=1S/C15H15F3N4O2.C11H12ClF3N2O2/c1-14(2,3)24-13(23)22-11-5-4-10(9-6-19-8-20-7-9)21-12(11)15(16,17)18;1-10(2,3)19-9(18)16-6-4-5-7(12)17-8(6)11(13,14)15/h4-8H,1-3H3,(H,22,23);4-5H,1-3H3,(H,16,18). The first-order valence-electron chi connectivity index (χ1n) is 12.1. The lowest BCUT2D eigenvalue weighted by atomic mass is 10.2. The molecule has 0 aliphatic rings. The maximum Gasteiger partial charge on any atom is 0.435 e. The Bertz CT molecular complexity index is 1420. The predicted molar refractivity (Wildman–Crippen MR) is 144 cm³/mol. The van der Waals surface area contributed by atoms with E-state index in [1.165, 1.54) is 24.8 Å². The highest BCUT2D eigenvalue weighted by molar-refractivity contribution is 6.29. The van der Waals surface area contributed by atoms with Crippen molar-refractivity contribution in [1.82, 2.24) is 19.9 Å². The van der Waals surface area contributed by atoms with Gasteiger partial charge in [0, 0.05) is 18.0 Å². The summed E-state index contributed by atoms with van der Waals surface area (Å²) in [5.74, 6) is 0. The van der Waals surface area contributed by atoms with Gasteiger partial charge < -0.3 is 9.47 Å². The molecule has 10 nitrogen and oxygen atoms in total.